The van der Waals surface area contributed by atoms with Crippen molar-refractivity contribution in [2.24, 2.45) is 10.9 Å². The summed E-state index contributed by atoms with van der Waals surface area (Å²) in [7, 11) is 0. The number of hydrogen-bond donors (Lipinski definition) is 1. The van der Waals surface area contributed by atoms with E-state index in [-0.39, 0.29) is 12.5 Å². The van der Waals surface area contributed by atoms with Gasteiger partial charge >= 0.3 is 6.03 Å². The van der Waals surface area contributed by atoms with Gasteiger partial charge in [-0.2, -0.15) is 4.99 Å². The van der Waals surface area contributed by atoms with E-state index in [0.29, 0.717) is 24.1 Å². The molecule has 1 saturated carbocycles. The van der Waals surface area contributed by atoms with Crippen LogP contribution >= 0.6 is 0 Å². The molecule has 5 heteroatoms. The molecule has 0 spiro atoms. The Hall–Kier alpha value is -1.52. The van der Waals surface area contributed by atoms with E-state index in [9.17, 15) is 13.6 Å². The second kappa shape index (κ2) is 4.00. The predicted molar refractivity (Wildman–Crippen MR) is 63.9 cm³/mol. The summed E-state index contributed by atoms with van der Waals surface area (Å²) in [5, 5.41) is 2.64. The smallest absolute Gasteiger partial charge is 0.324 e. The van der Waals surface area contributed by atoms with Crippen LogP contribution in [0.15, 0.2) is 28.8 Å². The number of halogens is 2. The Morgan fingerprint density at radius 1 is 1.33 bits per heavy atom. The first-order valence-corrected chi connectivity index (χ1v) is 6.23. The number of carbonyl (C=O) groups is 1. The number of alkyl halides is 2. The lowest BCUT2D eigenvalue weighted by atomic mass is 9.78. The zero-order chi connectivity index (χ0) is 12.8. The lowest BCUT2D eigenvalue weighted by Gasteiger charge is -2.33. The van der Waals surface area contributed by atoms with E-state index in [2.05, 4.69) is 10.3 Å². The van der Waals surface area contributed by atoms with Gasteiger partial charge in [-0.1, -0.05) is 18.6 Å². The summed E-state index contributed by atoms with van der Waals surface area (Å²) in [6.07, 6.45) is 6.96. The van der Waals surface area contributed by atoms with Crippen LogP contribution in [0, 0.1) is 5.92 Å². The van der Waals surface area contributed by atoms with Crippen LogP contribution in [0.25, 0.3) is 0 Å². The molecule has 0 radical (unpaired) electrons. The standard InChI is InChI=1S/C13H14F2N2O/c14-13(15)6-2-1-3-9(13)8-4-5-10-11(7-8)17-12(18)16-10/h4-5,7,9,11H,1-3,6H2,(H,17,18). The normalized spacial score (nSPS) is 33.6. The molecule has 96 valence electrons. The molecule has 0 aromatic rings. The minimum atomic E-state index is -2.63. The third-order valence-electron chi connectivity index (χ3n) is 3.80. The Morgan fingerprint density at radius 2 is 2.17 bits per heavy atom. The highest BCUT2D eigenvalue weighted by Gasteiger charge is 2.43. The summed E-state index contributed by atoms with van der Waals surface area (Å²) in [6, 6.07) is -0.720. The topological polar surface area (TPSA) is 41.5 Å². The molecule has 0 saturated heterocycles. The third-order valence-corrected chi connectivity index (χ3v) is 3.80. The SMILES string of the molecule is O=C1N=C2C=CC(C3CCCCC3(F)F)=CC2N1. The molecule has 1 fully saturated rings. The average molecular weight is 252 g/mol. The Kier molecular flexibility index (Phi) is 2.57. The largest absolute Gasteiger partial charge is 0.342 e. The third kappa shape index (κ3) is 1.87. The second-order valence-electron chi connectivity index (χ2n) is 5.02. The number of amides is 2. The second-order valence-corrected chi connectivity index (χ2v) is 5.02. The number of fused-ring (bicyclic) bond motifs is 1. The van der Waals surface area contributed by atoms with E-state index in [1.54, 1.807) is 18.2 Å². The first-order valence-electron chi connectivity index (χ1n) is 6.23. The van der Waals surface area contributed by atoms with Crippen LogP contribution in [0.3, 0.4) is 0 Å². The number of rotatable bonds is 1. The van der Waals surface area contributed by atoms with Crippen molar-refractivity contribution in [1.82, 2.24) is 5.32 Å². The Balaban J connectivity index is 1.86. The summed E-state index contributed by atoms with van der Waals surface area (Å²) in [5.41, 5.74) is 1.24. The number of allylic oxidation sites excluding steroid dienone is 2. The maximum Gasteiger partial charge on any atom is 0.342 e. The molecule has 1 heterocycles. The highest BCUT2D eigenvalue weighted by Crippen LogP contribution is 2.43. The fourth-order valence-corrected chi connectivity index (χ4v) is 2.86. The van der Waals surface area contributed by atoms with Crippen molar-refractivity contribution in [3.8, 4) is 0 Å². The molecular formula is C13H14F2N2O. The molecule has 3 rings (SSSR count). The van der Waals surface area contributed by atoms with Crippen LogP contribution in [-0.4, -0.2) is 23.7 Å². The van der Waals surface area contributed by atoms with Gasteiger partial charge in [0.25, 0.3) is 5.92 Å². The fourth-order valence-electron chi connectivity index (χ4n) is 2.86. The van der Waals surface area contributed by atoms with Crippen LogP contribution in [0.2, 0.25) is 0 Å². The molecule has 2 amide bonds. The molecule has 3 aliphatic rings. The summed E-state index contributed by atoms with van der Waals surface area (Å²) in [5.74, 6) is -3.35. The zero-order valence-corrected chi connectivity index (χ0v) is 9.83. The highest BCUT2D eigenvalue weighted by molar-refractivity contribution is 6.12. The monoisotopic (exact) mass is 252 g/mol. The van der Waals surface area contributed by atoms with E-state index >= 15 is 0 Å². The van der Waals surface area contributed by atoms with Crippen LogP contribution in [0.4, 0.5) is 13.6 Å². The predicted octanol–water partition coefficient (Wildman–Crippen LogP) is 2.84. The van der Waals surface area contributed by atoms with Crippen molar-refractivity contribution < 1.29 is 13.6 Å². The number of nitrogens with one attached hydrogen (secondary N) is 1. The van der Waals surface area contributed by atoms with Crippen LogP contribution in [-0.2, 0) is 0 Å². The van der Waals surface area contributed by atoms with Gasteiger partial charge in [0, 0.05) is 12.3 Å². The van der Waals surface area contributed by atoms with Crippen molar-refractivity contribution in [3.63, 3.8) is 0 Å². The molecule has 0 bridgehead atoms. The van der Waals surface area contributed by atoms with Crippen LogP contribution in [0.5, 0.6) is 0 Å². The number of nitrogens with zero attached hydrogens (tertiary/aromatic N) is 1. The molecule has 2 unspecified atom stereocenters. The number of aliphatic imine (C=N–C) groups is 1. The minimum Gasteiger partial charge on any atom is -0.324 e. The number of urea groups is 1. The first-order chi connectivity index (χ1) is 8.56. The molecule has 1 aliphatic heterocycles. The van der Waals surface area contributed by atoms with Gasteiger partial charge in [-0.25, -0.2) is 13.6 Å². The van der Waals surface area contributed by atoms with Crippen molar-refractivity contribution in [2.45, 2.75) is 37.6 Å². The van der Waals surface area contributed by atoms with Crippen molar-refractivity contribution in [1.29, 1.82) is 0 Å². The van der Waals surface area contributed by atoms with E-state index < -0.39 is 17.9 Å². The molecule has 0 aromatic carbocycles. The summed E-state index contributed by atoms with van der Waals surface area (Å²) < 4.78 is 27.8. The summed E-state index contributed by atoms with van der Waals surface area (Å²) in [4.78, 5) is 14.9. The zero-order valence-electron chi connectivity index (χ0n) is 9.83. The van der Waals surface area contributed by atoms with E-state index in [4.69, 9.17) is 0 Å². The Labute approximate surface area is 104 Å². The van der Waals surface area contributed by atoms with Crippen molar-refractivity contribution in [2.75, 3.05) is 0 Å². The van der Waals surface area contributed by atoms with E-state index in [1.165, 1.54) is 0 Å². The van der Waals surface area contributed by atoms with Gasteiger partial charge in [0.1, 0.15) is 0 Å². The van der Waals surface area contributed by atoms with Gasteiger partial charge in [0.05, 0.1) is 11.8 Å². The first kappa shape index (κ1) is 11.6. The van der Waals surface area contributed by atoms with Crippen LogP contribution in [0.1, 0.15) is 25.7 Å². The van der Waals surface area contributed by atoms with Gasteiger partial charge in [0.15, 0.2) is 0 Å². The van der Waals surface area contributed by atoms with E-state index in [0.717, 1.165) is 6.42 Å². The lowest BCUT2D eigenvalue weighted by molar-refractivity contribution is -0.0704. The highest BCUT2D eigenvalue weighted by atomic mass is 19.3. The molecule has 0 aromatic heterocycles. The fraction of sp³-hybridized carbons (Fsp3) is 0.538. The van der Waals surface area contributed by atoms with Crippen molar-refractivity contribution in [3.05, 3.63) is 23.8 Å². The van der Waals surface area contributed by atoms with Gasteiger partial charge in [-0.05, 0) is 24.5 Å². The van der Waals surface area contributed by atoms with Gasteiger partial charge in [0.2, 0.25) is 0 Å². The van der Waals surface area contributed by atoms with Gasteiger partial charge < -0.3 is 5.32 Å². The summed E-state index contributed by atoms with van der Waals surface area (Å²) in [6.45, 7) is 0. The van der Waals surface area contributed by atoms with E-state index in [1.807, 2.05) is 0 Å². The van der Waals surface area contributed by atoms with Crippen LogP contribution < -0.4 is 5.32 Å². The maximum atomic E-state index is 13.9. The average Bonchev–Trinajstić information content (AvgIpc) is 2.67. The maximum absolute atomic E-state index is 13.9. The van der Waals surface area contributed by atoms with Crippen molar-refractivity contribution >= 4 is 11.7 Å². The minimum absolute atomic E-state index is 0.0409. The van der Waals surface area contributed by atoms with Gasteiger partial charge in [-0.3, -0.25) is 0 Å². The Bertz CT molecular complexity index is 479. The summed E-state index contributed by atoms with van der Waals surface area (Å²) >= 11 is 0. The molecule has 1 N–H and O–H groups in total. The molecule has 18 heavy (non-hydrogen) atoms. The quantitative estimate of drug-likeness (QED) is 0.766. The molecule has 2 atom stereocenters. The lowest BCUT2D eigenvalue weighted by Crippen LogP contribution is -2.36. The number of carbonyl (C=O) groups excluding carboxylic acids is 1. The molecule has 3 nitrogen and oxygen atoms in total. The Morgan fingerprint density at radius 3 is 2.94 bits per heavy atom. The van der Waals surface area contributed by atoms with Gasteiger partial charge in [-0.15, -0.1) is 0 Å². The molecule has 2 aliphatic carbocycles. The molecular weight excluding hydrogens is 238 g/mol. The number of hydrogen-bond acceptors (Lipinski definition) is 1.